The minimum Gasteiger partial charge on any atom is -0.390 e. The van der Waals surface area contributed by atoms with Gasteiger partial charge in [0.2, 0.25) is 0 Å². The minimum absolute atomic E-state index is 0.0324. The Bertz CT molecular complexity index is 136. The zero-order chi connectivity index (χ0) is 8.48. The molecular weight excluding hydrogens is 152 g/mol. The molecule has 0 radical (unpaired) electrons. The van der Waals surface area contributed by atoms with E-state index >= 15 is 0 Å². The van der Waals surface area contributed by atoms with Crippen LogP contribution < -0.4 is 5.73 Å². The molecule has 1 fully saturated rings. The van der Waals surface area contributed by atoms with Crippen LogP contribution in [0.4, 0.5) is 8.78 Å². The van der Waals surface area contributed by atoms with E-state index in [1.54, 1.807) is 0 Å². The maximum atomic E-state index is 11.9. The highest BCUT2D eigenvalue weighted by Crippen LogP contribution is 2.35. The summed E-state index contributed by atoms with van der Waals surface area (Å²) >= 11 is 0. The quantitative estimate of drug-likeness (QED) is 0.652. The fourth-order valence-electron chi connectivity index (χ4n) is 1.32. The molecule has 0 aromatic rings. The Kier molecular flexibility index (Phi) is 2.44. The van der Waals surface area contributed by atoms with Crippen molar-refractivity contribution in [3.63, 3.8) is 0 Å². The summed E-state index contributed by atoms with van der Waals surface area (Å²) in [4.78, 5) is 0. The molecule has 1 rings (SSSR count). The number of hydrogen-bond acceptors (Lipinski definition) is 2. The van der Waals surface area contributed by atoms with Crippen molar-refractivity contribution in [3.05, 3.63) is 0 Å². The van der Waals surface area contributed by atoms with Crippen LogP contribution in [0.15, 0.2) is 0 Å². The van der Waals surface area contributed by atoms with Crippen molar-refractivity contribution >= 4 is 0 Å². The number of hydrogen-bond donors (Lipinski definition) is 2. The highest BCUT2D eigenvalue weighted by molar-refractivity contribution is 4.91. The van der Waals surface area contributed by atoms with Crippen LogP contribution in [0.2, 0.25) is 0 Å². The summed E-state index contributed by atoms with van der Waals surface area (Å²) in [7, 11) is 0. The van der Waals surface area contributed by atoms with Gasteiger partial charge in [0.05, 0.1) is 11.6 Å². The normalized spacial score (nSPS) is 24.8. The maximum absolute atomic E-state index is 11.9. The van der Waals surface area contributed by atoms with Crippen LogP contribution in [-0.2, 0) is 0 Å². The molecule has 1 aliphatic rings. The molecule has 1 aliphatic carbocycles. The van der Waals surface area contributed by atoms with Gasteiger partial charge in [-0.15, -0.1) is 0 Å². The highest BCUT2D eigenvalue weighted by atomic mass is 19.3. The summed E-state index contributed by atoms with van der Waals surface area (Å²) in [5.41, 5.74) is 4.22. The third-order valence-electron chi connectivity index (χ3n) is 2.22. The van der Waals surface area contributed by atoms with Gasteiger partial charge in [0.15, 0.2) is 0 Å². The van der Waals surface area contributed by atoms with Crippen molar-refractivity contribution in [2.24, 2.45) is 5.73 Å². The molecule has 0 heterocycles. The predicted octanol–water partition coefficient (Wildman–Crippen LogP) is 0.884. The van der Waals surface area contributed by atoms with Gasteiger partial charge in [-0.1, -0.05) is 0 Å². The Balaban J connectivity index is 2.29. The number of halogens is 2. The standard InChI is InChI=1S/C7H13F2NO/c8-6(9)5(10)4-7(11)2-1-3-7/h5-6,11H,1-4,10H2. The molecule has 0 saturated heterocycles. The first-order valence-electron chi connectivity index (χ1n) is 3.80. The summed E-state index contributed by atoms with van der Waals surface area (Å²) in [5, 5.41) is 9.42. The number of nitrogens with two attached hydrogens (primary N) is 1. The molecule has 1 atom stereocenters. The van der Waals surface area contributed by atoms with Gasteiger partial charge in [0.1, 0.15) is 0 Å². The van der Waals surface area contributed by atoms with Gasteiger partial charge in [-0.3, -0.25) is 0 Å². The van der Waals surface area contributed by atoms with Crippen molar-refractivity contribution in [1.29, 1.82) is 0 Å². The van der Waals surface area contributed by atoms with Crippen LogP contribution in [0.3, 0.4) is 0 Å². The average molecular weight is 165 g/mol. The molecule has 1 saturated carbocycles. The highest BCUT2D eigenvalue weighted by Gasteiger charge is 2.37. The zero-order valence-corrected chi connectivity index (χ0v) is 6.26. The molecule has 2 nitrogen and oxygen atoms in total. The third kappa shape index (κ3) is 2.10. The second-order valence-electron chi connectivity index (χ2n) is 3.28. The molecule has 0 aromatic carbocycles. The minimum atomic E-state index is -2.51. The van der Waals surface area contributed by atoms with Crippen molar-refractivity contribution in [2.45, 2.75) is 43.8 Å². The van der Waals surface area contributed by atoms with E-state index in [4.69, 9.17) is 5.73 Å². The zero-order valence-electron chi connectivity index (χ0n) is 6.26. The van der Waals surface area contributed by atoms with Crippen molar-refractivity contribution in [1.82, 2.24) is 0 Å². The van der Waals surface area contributed by atoms with Gasteiger partial charge in [0, 0.05) is 0 Å². The van der Waals surface area contributed by atoms with Gasteiger partial charge < -0.3 is 10.8 Å². The van der Waals surface area contributed by atoms with Gasteiger partial charge in [-0.25, -0.2) is 8.78 Å². The van der Waals surface area contributed by atoms with E-state index in [-0.39, 0.29) is 6.42 Å². The van der Waals surface area contributed by atoms with E-state index in [0.717, 1.165) is 6.42 Å². The Labute approximate surface area is 64.4 Å². The summed E-state index contributed by atoms with van der Waals surface area (Å²) in [5.74, 6) is 0. The van der Waals surface area contributed by atoms with Crippen LogP contribution >= 0.6 is 0 Å². The largest absolute Gasteiger partial charge is 0.390 e. The number of aliphatic hydroxyl groups is 1. The lowest BCUT2D eigenvalue weighted by molar-refractivity contribution is -0.0584. The molecule has 0 aliphatic heterocycles. The SMILES string of the molecule is NC(CC1(O)CCC1)C(F)F. The van der Waals surface area contributed by atoms with Crippen molar-refractivity contribution in [2.75, 3.05) is 0 Å². The van der Waals surface area contributed by atoms with Crippen LogP contribution in [0.5, 0.6) is 0 Å². The predicted molar refractivity (Wildman–Crippen MR) is 37.4 cm³/mol. The molecular formula is C7H13F2NO. The summed E-state index contributed by atoms with van der Waals surface area (Å²) in [6.45, 7) is 0. The second kappa shape index (κ2) is 3.03. The maximum Gasteiger partial charge on any atom is 0.253 e. The Morgan fingerprint density at radius 3 is 2.27 bits per heavy atom. The first-order chi connectivity index (χ1) is 5.03. The lowest BCUT2D eigenvalue weighted by atomic mass is 9.76. The molecule has 0 spiro atoms. The summed E-state index contributed by atoms with van der Waals surface area (Å²) in [6.07, 6.45) is -0.322. The second-order valence-corrected chi connectivity index (χ2v) is 3.28. The van der Waals surface area contributed by atoms with Crippen molar-refractivity contribution in [3.8, 4) is 0 Å². The first-order valence-corrected chi connectivity index (χ1v) is 3.80. The van der Waals surface area contributed by atoms with Gasteiger partial charge in [-0.2, -0.15) is 0 Å². The molecule has 3 N–H and O–H groups in total. The summed E-state index contributed by atoms with van der Waals surface area (Å²) < 4.78 is 23.8. The average Bonchev–Trinajstić information content (AvgIpc) is 1.84. The van der Waals surface area contributed by atoms with E-state index in [2.05, 4.69) is 0 Å². The van der Waals surface area contributed by atoms with E-state index in [1.165, 1.54) is 0 Å². The molecule has 4 heteroatoms. The number of rotatable bonds is 3. The van der Waals surface area contributed by atoms with Crippen LogP contribution in [0.25, 0.3) is 0 Å². The lowest BCUT2D eigenvalue weighted by Crippen LogP contribution is -2.45. The fraction of sp³-hybridized carbons (Fsp3) is 1.00. The van der Waals surface area contributed by atoms with Crippen LogP contribution in [0.1, 0.15) is 25.7 Å². The lowest BCUT2D eigenvalue weighted by Gasteiger charge is -2.38. The third-order valence-corrected chi connectivity index (χ3v) is 2.22. The molecule has 0 amide bonds. The van der Waals surface area contributed by atoms with Crippen LogP contribution in [0, 0.1) is 0 Å². The van der Waals surface area contributed by atoms with E-state index < -0.39 is 18.1 Å². The molecule has 66 valence electrons. The molecule has 0 aromatic heterocycles. The Morgan fingerprint density at radius 2 is 2.00 bits per heavy atom. The number of alkyl halides is 2. The molecule has 1 unspecified atom stereocenters. The van der Waals surface area contributed by atoms with Crippen LogP contribution in [-0.4, -0.2) is 23.2 Å². The van der Waals surface area contributed by atoms with E-state index in [9.17, 15) is 13.9 Å². The molecule has 0 bridgehead atoms. The van der Waals surface area contributed by atoms with E-state index in [1.807, 2.05) is 0 Å². The van der Waals surface area contributed by atoms with Crippen molar-refractivity contribution < 1.29 is 13.9 Å². The smallest absolute Gasteiger partial charge is 0.253 e. The fourth-order valence-corrected chi connectivity index (χ4v) is 1.32. The first kappa shape index (κ1) is 8.87. The van der Waals surface area contributed by atoms with Gasteiger partial charge in [-0.05, 0) is 25.7 Å². The summed E-state index contributed by atoms with van der Waals surface area (Å²) in [6, 6.07) is -1.17. The molecule has 11 heavy (non-hydrogen) atoms. The topological polar surface area (TPSA) is 46.2 Å². The monoisotopic (exact) mass is 165 g/mol. The Hall–Kier alpha value is -0.220. The van der Waals surface area contributed by atoms with E-state index in [0.29, 0.717) is 12.8 Å². The van der Waals surface area contributed by atoms with Gasteiger partial charge in [0.25, 0.3) is 6.43 Å². The Morgan fingerprint density at radius 1 is 1.45 bits per heavy atom. The van der Waals surface area contributed by atoms with Gasteiger partial charge >= 0.3 is 0 Å².